The van der Waals surface area contributed by atoms with Crippen molar-refractivity contribution < 1.29 is 9.53 Å². The van der Waals surface area contributed by atoms with E-state index in [1.807, 2.05) is 67.1 Å². The van der Waals surface area contributed by atoms with E-state index in [4.69, 9.17) is 4.74 Å². The molecule has 3 heterocycles. The highest BCUT2D eigenvalue weighted by Crippen LogP contribution is 2.34. The van der Waals surface area contributed by atoms with Crippen molar-refractivity contribution in [2.75, 3.05) is 6.61 Å². The Hall–Kier alpha value is -2.81. The van der Waals surface area contributed by atoms with Crippen molar-refractivity contribution in [3.63, 3.8) is 0 Å². The van der Waals surface area contributed by atoms with Crippen molar-refractivity contribution in [1.29, 1.82) is 0 Å². The second kappa shape index (κ2) is 7.79. The van der Waals surface area contributed by atoms with E-state index in [0.717, 1.165) is 36.1 Å². The molecule has 5 aromatic rings. The molecule has 2 aromatic carbocycles. The van der Waals surface area contributed by atoms with Gasteiger partial charge < -0.3 is 9.30 Å². The average Bonchev–Trinajstić information content (AvgIpc) is 3.46. The predicted octanol–water partition coefficient (Wildman–Crippen LogP) is 5.72. The Morgan fingerprint density at radius 1 is 1.07 bits per heavy atom. The van der Waals surface area contributed by atoms with Gasteiger partial charge in [-0.2, -0.15) is 4.99 Å². The summed E-state index contributed by atoms with van der Waals surface area (Å²) in [5.41, 5.74) is 2.00. The summed E-state index contributed by atoms with van der Waals surface area (Å²) in [4.78, 5) is 24.1. The first-order valence-electron chi connectivity index (χ1n) is 9.39. The number of fused-ring (bicyclic) bond motifs is 2. The van der Waals surface area contributed by atoms with E-state index >= 15 is 0 Å². The third-order valence-corrected chi connectivity index (χ3v) is 7.98. The maximum Gasteiger partial charge on any atom is 0.289 e. The summed E-state index contributed by atoms with van der Waals surface area (Å²) >= 11 is 4.55. The van der Waals surface area contributed by atoms with Crippen molar-refractivity contribution in [1.82, 2.24) is 9.55 Å². The van der Waals surface area contributed by atoms with Gasteiger partial charge in [-0.15, -0.1) is 22.7 Å². The number of thiazole rings is 2. The first-order valence-corrected chi connectivity index (χ1v) is 11.8. The summed E-state index contributed by atoms with van der Waals surface area (Å²) in [5.74, 6) is 0.586. The molecule has 0 N–H and O–H groups in total. The van der Waals surface area contributed by atoms with Crippen molar-refractivity contribution >= 4 is 60.4 Å². The number of nitrogens with zero attached hydrogens (tertiary/aromatic N) is 3. The fraction of sp³-hybridized carbons (Fsp3) is 0.136. The Kier molecular flexibility index (Phi) is 4.98. The quantitative estimate of drug-likeness (QED) is 0.351. The van der Waals surface area contributed by atoms with E-state index in [1.54, 1.807) is 11.3 Å². The minimum absolute atomic E-state index is 0.237. The van der Waals surface area contributed by atoms with Gasteiger partial charge in [0.2, 0.25) is 0 Å². The van der Waals surface area contributed by atoms with Crippen molar-refractivity contribution in [2.45, 2.75) is 6.92 Å². The van der Waals surface area contributed by atoms with Crippen LogP contribution < -0.4 is 9.54 Å². The number of hydrogen-bond donors (Lipinski definition) is 0. The van der Waals surface area contributed by atoms with Crippen LogP contribution in [0.1, 0.15) is 16.6 Å². The maximum absolute atomic E-state index is 12.8. The molecule has 0 aliphatic rings. The lowest BCUT2D eigenvalue weighted by atomic mass is 10.3. The van der Waals surface area contributed by atoms with E-state index in [2.05, 4.69) is 16.0 Å². The molecule has 0 aliphatic heterocycles. The minimum Gasteiger partial charge on any atom is -0.494 e. The van der Waals surface area contributed by atoms with Crippen LogP contribution in [0.3, 0.4) is 0 Å². The van der Waals surface area contributed by atoms with Gasteiger partial charge in [0.05, 0.1) is 36.8 Å². The number of aryl methyl sites for hydroxylation is 1. The third kappa shape index (κ3) is 3.47. The van der Waals surface area contributed by atoms with E-state index in [9.17, 15) is 4.79 Å². The molecular weight excluding hydrogens is 434 g/mol. The SMILES string of the molecule is CCOc1ccc2c(c1)sc(=NC(=O)c1ccc(-c3nc4ccccc4s3)s1)n2C. The Labute approximate surface area is 184 Å². The van der Waals surface area contributed by atoms with E-state index in [-0.39, 0.29) is 5.91 Å². The van der Waals surface area contributed by atoms with E-state index < -0.39 is 0 Å². The number of benzene rings is 2. The van der Waals surface area contributed by atoms with Crippen molar-refractivity contribution in [3.8, 4) is 15.6 Å². The van der Waals surface area contributed by atoms with Crippen LogP contribution in [0.15, 0.2) is 59.6 Å². The lowest BCUT2D eigenvalue weighted by molar-refractivity contribution is 0.100. The molecule has 0 spiro atoms. The summed E-state index contributed by atoms with van der Waals surface area (Å²) in [6, 6.07) is 17.8. The molecule has 5 nitrogen and oxygen atoms in total. The van der Waals surface area contributed by atoms with Crippen LogP contribution in [0, 0.1) is 0 Å². The van der Waals surface area contributed by atoms with Gasteiger partial charge in [0.25, 0.3) is 5.91 Å². The Morgan fingerprint density at radius 3 is 2.77 bits per heavy atom. The number of aromatic nitrogens is 2. The number of carbonyl (C=O) groups is 1. The first kappa shape index (κ1) is 19.2. The van der Waals surface area contributed by atoms with E-state index in [0.29, 0.717) is 16.3 Å². The van der Waals surface area contributed by atoms with Gasteiger partial charge in [-0.25, -0.2) is 4.98 Å². The van der Waals surface area contributed by atoms with Crippen LogP contribution in [-0.2, 0) is 7.05 Å². The molecule has 0 unspecified atom stereocenters. The van der Waals surface area contributed by atoms with Crippen molar-refractivity contribution in [3.05, 3.63) is 64.3 Å². The summed E-state index contributed by atoms with van der Waals surface area (Å²) in [7, 11) is 1.92. The van der Waals surface area contributed by atoms with Gasteiger partial charge in [0.15, 0.2) is 4.80 Å². The third-order valence-electron chi connectivity index (χ3n) is 4.61. The second-order valence-corrected chi connectivity index (χ2v) is 9.70. The molecule has 150 valence electrons. The molecule has 30 heavy (non-hydrogen) atoms. The zero-order valence-corrected chi connectivity index (χ0v) is 18.7. The maximum atomic E-state index is 12.8. The monoisotopic (exact) mass is 451 g/mol. The standard InChI is InChI=1S/C22H17N3O2S3/c1-3-27-13-8-9-15-19(12-13)30-22(25(15)2)24-20(26)17-10-11-18(28-17)21-23-14-6-4-5-7-16(14)29-21/h4-12H,3H2,1-2H3. The first-order chi connectivity index (χ1) is 14.6. The zero-order chi connectivity index (χ0) is 20.7. The van der Waals surface area contributed by atoms with Crippen LogP contribution in [0.25, 0.3) is 30.3 Å². The minimum atomic E-state index is -0.237. The summed E-state index contributed by atoms with van der Waals surface area (Å²) in [6.45, 7) is 2.58. The lowest BCUT2D eigenvalue weighted by Crippen LogP contribution is -2.12. The van der Waals surface area contributed by atoms with E-state index in [1.165, 1.54) is 22.7 Å². The molecule has 0 bridgehead atoms. The van der Waals surface area contributed by atoms with Gasteiger partial charge in [-0.3, -0.25) is 4.79 Å². The van der Waals surface area contributed by atoms with Gasteiger partial charge in [-0.05, 0) is 49.4 Å². The molecule has 8 heteroatoms. The molecule has 0 radical (unpaired) electrons. The van der Waals surface area contributed by atoms with Crippen LogP contribution >= 0.6 is 34.0 Å². The summed E-state index contributed by atoms with van der Waals surface area (Å²) in [6.07, 6.45) is 0. The number of amides is 1. The Balaban J connectivity index is 1.48. The molecular formula is C22H17N3O2S3. The van der Waals surface area contributed by atoms with Crippen LogP contribution in [0.5, 0.6) is 5.75 Å². The highest BCUT2D eigenvalue weighted by atomic mass is 32.1. The zero-order valence-electron chi connectivity index (χ0n) is 16.3. The van der Waals surface area contributed by atoms with Gasteiger partial charge in [0.1, 0.15) is 10.8 Å². The second-order valence-electron chi connectivity index (χ2n) is 6.57. The molecule has 0 saturated carbocycles. The number of ether oxygens (including phenoxy) is 1. The summed E-state index contributed by atoms with van der Waals surface area (Å²) < 4.78 is 9.70. The highest BCUT2D eigenvalue weighted by molar-refractivity contribution is 7.26. The Bertz CT molecular complexity index is 1420. The fourth-order valence-electron chi connectivity index (χ4n) is 3.16. The normalized spacial score (nSPS) is 12.1. The molecule has 1 amide bonds. The van der Waals surface area contributed by atoms with Crippen LogP contribution in [0.4, 0.5) is 0 Å². The average molecular weight is 452 g/mol. The van der Waals surface area contributed by atoms with Crippen LogP contribution in [0.2, 0.25) is 0 Å². The van der Waals surface area contributed by atoms with Crippen molar-refractivity contribution in [2.24, 2.45) is 12.0 Å². The molecule has 5 rings (SSSR count). The smallest absolute Gasteiger partial charge is 0.289 e. The number of carbonyl (C=O) groups excluding carboxylic acids is 1. The Morgan fingerprint density at radius 2 is 1.93 bits per heavy atom. The fourth-order valence-corrected chi connectivity index (χ4v) is 6.12. The topological polar surface area (TPSA) is 56.5 Å². The van der Waals surface area contributed by atoms with Gasteiger partial charge in [0, 0.05) is 7.05 Å². The van der Waals surface area contributed by atoms with Gasteiger partial charge >= 0.3 is 0 Å². The lowest BCUT2D eigenvalue weighted by Gasteiger charge is -2.02. The molecule has 0 saturated heterocycles. The molecule has 0 aliphatic carbocycles. The molecule has 3 aromatic heterocycles. The number of hydrogen-bond acceptors (Lipinski definition) is 6. The predicted molar refractivity (Wildman–Crippen MR) is 125 cm³/mol. The molecule has 0 fully saturated rings. The van der Waals surface area contributed by atoms with Gasteiger partial charge in [-0.1, -0.05) is 23.5 Å². The molecule has 0 atom stereocenters. The van der Waals surface area contributed by atoms with Crippen LogP contribution in [-0.4, -0.2) is 22.1 Å². The summed E-state index contributed by atoms with van der Waals surface area (Å²) in [5, 5.41) is 0.927. The number of thiophene rings is 1. The largest absolute Gasteiger partial charge is 0.494 e. The number of para-hydroxylation sites is 1. The highest BCUT2D eigenvalue weighted by Gasteiger charge is 2.14. The number of rotatable bonds is 4.